The van der Waals surface area contributed by atoms with Crippen LogP contribution >= 0.6 is 59.6 Å². The lowest BCUT2D eigenvalue weighted by molar-refractivity contribution is 0.174. The summed E-state index contributed by atoms with van der Waals surface area (Å²) in [5, 5.41) is 5.07. The Morgan fingerprint density at radius 2 is 1.81 bits per heavy atom. The molecule has 0 saturated carbocycles. The second-order valence-electron chi connectivity index (χ2n) is 4.62. The van der Waals surface area contributed by atoms with Crippen LogP contribution in [0, 0.1) is 0 Å². The van der Waals surface area contributed by atoms with Gasteiger partial charge in [-0.25, -0.2) is 0 Å². The molecular weight excluding hydrogens is 373 g/mol. The average Bonchev–Trinajstić information content (AvgIpc) is 2.41. The minimum Gasteiger partial charge on any atom is -0.314 e. The molecule has 0 amide bonds. The zero-order valence-electron chi connectivity index (χ0n) is 11.4. The van der Waals surface area contributed by atoms with Crippen LogP contribution in [0.2, 0.25) is 15.1 Å². The van der Waals surface area contributed by atoms with E-state index >= 15 is 0 Å². The van der Waals surface area contributed by atoms with Crippen molar-refractivity contribution in [2.45, 2.75) is 12.5 Å². The van der Waals surface area contributed by atoms with Crippen LogP contribution in [0.25, 0.3) is 0 Å². The Labute approximate surface area is 153 Å². The maximum atomic E-state index is 6.35. The van der Waals surface area contributed by atoms with Crippen molar-refractivity contribution in [3.8, 4) is 0 Å². The summed E-state index contributed by atoms with van der Waals surface area (Å²) < 4.78 is 0. The molecule has 1 saturated heterocycles. The highest BCUT2D eigenvalue weighted by Gasteiger charge is 2.24. The van der Waals surface area contributed by atoms with E-state index < -0.39 is 0 Å². The van der Waals surface area contributed by atoms with Crippen molar-refractivity contribution in [2.24, 2.45) is 0 Å². The van der Waals surface area contributed by atoms with Gasteiger partial charge in [-0.05, 0) is 24.1 Å². The fraction of sp³-hybridized carbons (Fsp3) is 0.429. The van der Waals surface area contributed by atoms with E-state index in [2.05, 4.69) is 16.8 Å². The molecule has 0 unspecified atom stereocenters. The second kappa shape index (κ2) is 10.2. The molecule has 0 bridgehead atoms. The van der Waals surface area contributed by atoms with Crippen LogP contribution in [-0.4, -0.2) is 31.1 Å². The van der Waals surface area contributed by atoms with Crippen LogP contribution in [0.5, 0.6) is 0 Å². The van der Waals surface area contributed by atoms with Gasteiger partial charge in [-0.3, -0.25) is 4.90 Å². The van der Waals surface area contributed by atoms with E-state index in [9.17, 15) is 0 Å². The van der Waals surface area contributed by atoms with Gasteiger partial charge >= 0.3 is 0 Å². The Morgan fingerprint density at radius 1 is 1.19 bits per heavy atom. The summed E-state index contributed by atoms with van der Waals surface area (Å²) in [4.78, 5) is 2.39. The summed E-state index contributed by atoms with van der Waals surface area (Å²) in [5.41, 5.74) is 0.987. The standard InChI is InChI=1S/C14H17Cl3N2.2ClH/c1-2-3-13(19-6-4-18-5-7-19)11-8-10(15)9-12(16)14(11)17;;/h2,8-9,13,18H,1,3-7H2;2*1H/t13-;;/m1../s1. The van der Waals surface area contributed by atoms with Gasteiger partial charge in [-0.15, -0.1) is 31.4 Å². The van der Waals surface area contributed by atoms with E-state index in [1.165, 1.54) is 0 Å². The zero-order chi connectivity index (χ0) is 13.8. The van der Waals surface area contributed by atoms with Gasteiger partial charge in [0.1, 0.15) is 0 Å². The minimum atomic E-state index is 0. The Morgan fingerprint density at radius 3 is 2.38 bits per heavy atom. The molecule has 1 aromatic rings. The largest absolute Gasteiger partial charge is 0.314 e. The first kappa shape index (κ1) is 21.3. The molecule has 0 spiro atoms. The third-order valence-corrected chi connectivity index (χ3v) is 4.40. The molecule has 1 atom stereocenters. The van der Waals surface area contributed by atoms with Crippen LogP contribution in [0.1, 0.15) is 18.0 Å². The lowest BCUT2D eigenvalue weighted by Gasteiger charge is -2.35. The molecule has 2 nitrogen and oxygen atoms in total. The molecule has 7 heteroatoms. The SMILES string of the molecule is C=CC[C@H](c1cc(Cl)cc(Cl)c1Cl)N1CCNCC1.Cl.Cl. The first-order valence-electron chi connectivity index (χ1n) is 6.33. The predicted molar refractivity (Wildman–Crippen MR) is 98.0 cm³/mol. The van der Waals surface area contributed by atoms with E-state index in [0.717, 1.165) is 38.2 Å². The van der Waals surface area contributed by atoms with Crippen molar-refractivity contribution in [3.05, 3.63) is 45.4 Å². The van der Waals surface area contributed by atoms with E-state index in [4.69, 9.17) is 34.8 Å². The summed E-state index contributed by atoms with van der Waals surface area (Å²) in [7, 11) is 0. The molecule has 21 heavy (non-hydrogen) atoms. The molecule has 1 aromatic carbocycles. The van der Waals surface area contributed by atoms with Crippen molar-refractivity contribution >= 4 is 59.6 Å². The number of rotatable bonds is 4. The average molecular weight is 393 g/mol. The van der Waals surface area contributed by atoms with Crippen LogP contribution in [0.3, 0.4) is 0 Å². The normalized spacial score (nSPS) is 16.5. The van der Waals surface area contributed by atoms with Gasteiger partial charge in [0.05, 0.1) is 10.0 Å². The third kappa shape index (κ3) is 5.47. The lowest BCUT2D eigenvalue weighted by Crippen LogP contribution is -2.45. The van der Waals surface area contributed by atoms with E-state index in [0.29, 0.717) is 15.1 Å². The zero-order valence-corrected chi connectivity index (χ0v) is 15.4. The Kier molecular flexibility index (Phi) is 10.3. The Balaban J connectivity index is 0.00000200. The predicted octanol–water partition coefficient (Wildman–Crippen LogP) is 5.01. The molecule has 1 aliphatic heterocycles. The number of piperazine rings is 1. The van der Waals surface area contributed by atoms with Crippen LogP contribution in [0.15, 0.2) is 24.8 Å². The monoisotopic (exact) mass is 390 g/mol. The number of hydrogen-bond acceptors (Lipinski definition) is 2. The molecule has 0 aromatic heterocycles. The van der Waals surface area contributed by atoms with Gasteiger partial charge in [0.15, 0.2) is 0 Å². The maximum Gasteiger partial charge on any atom is 0.0641 e. The minimum absolute atomic E-state index is 0. The summed E-state index contributed by atoms with van der Waals surface area (Å²) in [6.07, 6.45) is 2.74. The summed E-state index contributed by atoms with van der Waals surface area (Å²) in [6, 6.07) is 3.77. The molecule has 2 rings (SSSR count). The molecule has 120 valence electrons. The van der Waals surface area contributed by atoms with Gasteiger partial charge in [0.2, 0.25) is 0 Å². The highest BCUT2D eigenvalue weighted by molar-refractivity contribution is 6.43. The molecule has 1 fully saturated rings. The number of nitrogens with zero attached hydrogens (tertiary/aromatic N) is 1. The highest BCUT2D eigenvalue weighted by atomic mass is 35.5. The van der Waals surface area contributed by atoms with Crippen LogP contribution in [-0.2, 0) is 0 Å². The van der Waals surface area contributed by atoms with Crippen LogP contribution < -0.4 is 5.32 Å². The van der Waals surface area contributed by atoms with Crippen molar-refractivity contribution < 1.29 is 0 Å². The fourth-order valence-electron chi connectivity index (χ4n) is 2.44. The number of hydrogen-bond donors (Lipinski definition) is 1. The van der Waals surface area contributed by atoms with E-state index in [1.807, 2.05) is 12.1 Å². The first-order valence-corrected chi connectivity index (χ1v) is 7.47. The molecule has 0 aliphatic carbocycles. The quantitative estimate of drug-likeness (QED) is 0.572. The molecular formula is C14H19Cl5N2. The number of nitrogens with one attached hydrogen (secondary N) is 1. The van der Waals surface area contributed by atoms with Gasteiger partial charge in [-0.2, -0.15) is 0 Å². The Bertz CT molecular complexity index is 461. The van der Waals surface area contributed by atoms with Crippen molar-refractivity contribution in [2.75, 3.05) is 26.2 Å². The van der Waals surface area contributed by atoms with Gasteiger partial charge < -0.3 is 5.32 Å². The fourth-order valence-corrected chi connectivity index (χ4v) is 3.19. The van der Waals surface area contributed by atoms with Crippen molar-refractivity contribution in [1.29, 1.82) is 0 Å². The molecule has 1 heterocycles. The topological polar surface area (TPSA) is 15.3 Å². The summed E-state index contributed by atoms with van der Waals surface area (Å²) >= 11 is 18.6. The molecule has 0 radical (unpaired) electrons. The molecule has 1 N–H and O–H groups in total. The maximum absolute atomic E-state index is 6.35. The van der Waals surface area contributed by atoms with Gasteiger partial charge in [0, 0.05) is 37.2 Å². The van der Waals surface area contributed by atoms with E-state index in [1.54, 1.807) is 6.07 Å². The Hall–Kier alpha value is 0.330. The molecule has 1 aliphatic rings. The second-order valence-corrected chi connectivity index (χ2v) is 5.84. The number of halogens is 5. The van der Waals surface area contributed by atoms with Gasteiger partial charge in [-0.1, -0.05) is 40.9 Å². The van der Waals surface area contributed by atoms with Crippen molar-refractivity contribution in [1.82, 2.24) is 10.2 Å². The highest BCUT2D eigenvalue weighted by Crippen LogP contribution is 2.37. The summed E-state index contributed by atoms with van der Waals surface area (Å²) in [6.45, 7) is 7.79. The lowest BCUT2D eigenvalue weighted by atomic mass is 10.0. The van der Waals surface area contributed by atoms with E-state index in [-0.39, 0.29) is 30.9 Å². The van der Waals surface area contributed by atoms with Gasteiger partial charge in [0.25, 0.3) is 0 Å². The first-order chi connectivity index (χ1) is 9.13. The third-order valence-electron chi connectivity index (χ3n) is 3.36. The smallest absolute Gasteiger partial charge is 0.0641 e. The van der Waals surface area contributed by atoms with Crippen LogP contribution in [0.4, 0.5) is 0 Å². The van der Waals surface area contributed by atoms with Crippen molar-refractivity contribution in [3.63, 3.8) is 0 Å². The number of benzene rings is 1. The summed E-state index contributed by atoms with van der Waals surface area (Å²) in [5.74, 6) is 0.